The lowest BCUT2D eigenvalue weighted by atomic mass is 9.97. The maximum absolute atomic E-state index is 5.89. The first-order valence-corrected chi connectivity index (χ1v) is 8.36. The maximum Gasteiger partial charge on any atom is 0.119 e. The van der Waals surface area contributed by atoms with Crippen LogP contribution in [0.4, 0.5) is 0 Å². The highest BCUT2D eigenvalue weighted by atomic mass is 16.5. The number of benzene rings is 2. The minimum atomic E-state index is 0.783. The van der Waals surface area contributed by atoms with Crippen LogP contribution in [0.15, 0.2) is 54.6 Å². The molecule has 1 fully saturated rings. The Hall–Kier alpha value is -1.80. The molecule has 1 aliphatic rings. The average Bonchev–Trinajstić information content (AvgIpc) is 2.58. The number of piperidine rings is 1. The van der Waals surface area contributed by atoms with Crippen LogP contribution in [0.2, 0.25) is 0 Å². The molecule has 0 radical (unpaired) electrons. The van der Waals surface area contributed by atoms with Gasteiger partial charge in [0.1, 0.15) is 5.75 Å². The Morgan fingerprint density at radius 1 is 0.955 bits per heavy atom. The van der Waals surface area contributed by atoms with Crippen LogP contribution < -0.4 is 10.1 Å². The summed E-state index contributed by atoms with van der Waals surface area (Å²) in [6, 6.07) is 19.1. The first-order chi connectivity index (χ1) is 10.9. The number of rotatable bonds is 6. The summed E-state index contributed by atoms with van der Waals surface area (Å²) in [5.41, 5.74) is 2.68. The van der Waals surface area contributed by atoms with Crippen LogP contribution in [0.25, 0.3) is 0 Å². The number of hydrogen-bond acceptors (Lipinski definition) is 2. The van der Waals surface area contributed by atoms with E-state index in [4.69, 9.17) is 4.74 Å². The van der Waals surface area contributed by atoms with E-state index >= 15 is 0 Å². The van der Waals surface area contributed by atoms with Crippen molar-refractivity contribution in [2.75, 3.05) is 19.7 Å². The summed E-state index contributed by atoms with van der Waals surface area (Å²) < 4.78 is 5.89. The average molecular weight is 295 g/mol. The molecule has 1 saturated heterocycles. The van der Waals surface area contributed by atoms with Crippen molar-refractivity contribution >= 4 is 0 Å². The first kappa shape index (κ1) is 15.1. The van der Waals surface area contributed by atoms with Gasteiger partial charge < -0.3 is 10.1 Å². The summed E-state index contributed by atoms with van der Waals surface area (Å²) in [5, 5.41) is 3.46. The predicted molar refractivity (Wildman–Crippen MR) is 91.4 cm³/mol. The largest absolute Gasteiger partial charge is 0.494 e. The van der Waals surface area contributed by atoms with Crippen molar-refractivity contribution in [3.05, 3.63) is 65.7 Å². The number of nitrogens with one attached hydrogen (secondary N) is 1. The van der Waals surface area contributed by atoms with Crippen LogP contribution in [-0.4, -0.2) is 19.7 Å². The molecule has 2 nitrogen and oxygen atoms in total. The van der Waals surface area contributed by atoms with E-state index in [1.807, 2.05) is 0 Å². The Morgan fingerprint density at radius 2 is 1.73 bits per heavy atom. The molecule has 2 aromatic rings. The SMILES string of the molecule is c1ccc(Cc2ccc(OCCC3CCCNC3)cc2)cc1. The van der Waals surface area contributed by atoms with Crippen molar-refractivity contribution in [1.82, 2.24) is 5.32 Å². The van der Waals surface area contributed by atoms with Gasteiger partial charge in [-0.15, -0.1) is 0 Å². The summed E-state index contributed by atoms with van der Waals surface area (Å²) in [6.45, 7) is 3.16. The first-order valence-electron chi connectivity index (χ1n) is 8.36. The highest BCUT2D eigenvalue weighted by Gasteiger charge is 2.12. The minimum Gasteiger partial charge on any atom is -0.494 e. The fourth-order valence-corrected chi connectivity index (χ4v) is 3.05. The standard InChI is InChI=1S/C20H25NO/c1-2-5-17(6-3-1)15-18-8-10-20(11-9-18)22-14-12-19-7-4-13-21-16-19/h1-3,5-6,8-11,19,21H,4,7,12-16H2. The molecule has 2 heteroatoms. The van der Waals surface area contributed by atoms with E-state index < -0.39 is 0 Å². The lowest BCUT2D eigenvalue weighted by Crippen LogP contribution is -2.30. The van der Waals surface area contributed by atoms with Gasteiger partial charge in [-0.1, -0.05) is 42.5 Å². The third-order valence-electron chi connectivity index (χ3n) is 4.37. The monoisotopic (exact) mass is 295 g/mol. The van der Waals surface area contributed by atoms with Crippen molar-refractivity contribution in [3.8, 4) is 5.75 Å². The molecule has 0 saturated carbocycles. The molecule has 1 N–H and O–H groups in total. The third kappa shape index (κ3) is 4.60. The van der Waals surface area contributed by atoms with E-state index in [0.29, 0.717) is 0 Å². The summed E-state index contributed by atoms with van der Waals surface area (Å²) in [6.07, 6.45) is 4.78. The van der Waals surface area contributed by atoms with E-state index in [9.17, 15) is 0 Å². The Balaban J connectivity index is 1.45. The van der Waals surface area contributed by atoms with Gasteiger partial charge in [0.25, 0.3) is 0 Å². The topological polar surface area (TPSA) is 21.3 Å². The maximum atomic E-state index is 5.89. The van der Waals surface area contributed by atoms with Gasteiger partial charge in [-0.25, -0.2) is 0 Å². The van der Waals surface area contributed by atoms with E-state index in [2.05, 4.69) is 59.9 Å². The van der Waals surface area contributed by atoms with E-state index in [1.54, 1.807) is 0 Å². The smallest absolute Gasteiger partial charge is 0.119 e. The van der Waals surface area contributed by atoms with Crippen LogP contribution in [0.5, 0.6) is 5.75 Å². The zero-order valence-electron chi connectivity index (χ0n) is 13.1. The van der Waals surface area contributed by atoms with Crippen LogP contribution >= 0.6 is 0 Å². The van der Waals surface area contributed by atoms with Gasteiger partial charge in [-0.2, -0.15) is 0 Å². The molecule has 2 aromatic carbocycles. The Bertz CT molecular complexity index is 544. The summed E-state index contributed by atoms with van der Waals surface area (Å²) in [5.74, 6) is 1.77. The molecule has 0 aromatic heterocycles. The third-order valence-corrected chi connectivity index (χ3v) is 4.37. The van der Waals surface area contributed by atoms with E-state index in [-0.39, 0.29) is 0 Å². The Labute approximate surface area is 133 Å². The molecule has 1 unspecified atom stereocenters. The lowest BCUT2D eigenvalue weighted by molar-refractivity contribution is 0.254. The lowest BCUT2D eigenvalue weighted by Gasteiger charge is -2.22. The van der Waals surface area contributed by atoms with Crippen molar-refractivity contribution in [3.63, 3.8) is 0 Å². The summed E-state index contributed by atoms with van der Waals surface area (Å²) >= 11 is 0. The van der Waals surface area contributed by atoms with Gasteiger partial charge in [0.05, 0.1) is 6.61 Å². The summed E-state index contributed by atoms with van der Waals surface area (Å²) in [4.78, 5) is 0. The van der Waals surface area contributed by atoms with Crippen LogP contribution in [0, 0.1) is 5.92 Å². The molecule has 1 heterocycles. The fourth-order valence-electron chi connectivity index (χ4n) is 3.05. The van der Waals surface area contributed by atoms with Gasteiger partial charge >= 0.3 is 0 Å². The highest BCUT2D eigenvalue weighted by molar-refractivity contribution is 5.31. The molecule has 0 aliphatic carbocycles. The van der Waals surface area contributed by atoms with Gasteiger partial charge in [-0.3, -0.25) is 0 Å². The normalized spacial score (nSPS) is 18.1. The second-order valence-corrected chi connectivity index (χ2v) is 6.16. The van der Waals surface area contributed by atoms with Crippen molar-refractivity contribution < 1.29 is 4.74 Å². The zero-order chi connectivity index (χ0) is 15.0. The van der Waals surface area contributed by atoms with Crippen LogP contribution in [-0.2, 0) is 6.42 Å². The second-order valence-electron chi connectivity index (χ2n) is 6.16. The molecule has 116 valence electrons. The summed E-state index contributed by atoms with van der Waals surface area (Å²) in [7, 11) is 0. The van der Waals surface area contributed by atoms with Crippen LogP contribution in [0.1, 0.15) is 30.4 Å². The number of ether oxygens (including phenoxy) is 1. The van der Waals surface area contributed by atoms with Crippen molar-refractivity contribution in [2.45, 2.75) is 25.7 Å². The number of hydrogen-bond donors (Lipinski definition) is 1. The van der Waals surface area contributed by atoms with Crippen molar-refractivity contribution in [2.24, 2.45) is 5.92 Å². The second kappa shape index (κ2) is 8.00. The van der Waals surface area contributed by atoms with Gasteiger partial charge in [0.15, 0.2) is 0 Å². The molecule has 3 rings (SSSR count). The van der Waals surface area contributed by atoms with Crippen LogP contribution in [0.3, 0.4) is 0 Å². The molecule has 0 amide bonds. The molecule has 1 aliphatic heterocycles. The van der Waals surface area contributed by atoms with Gasteiger partial charge in [0.2, 0.25) is 0 Å². The quantitative estimate of drug-likeness (QED) is 0.868. The van der Waals surface area contributed by atoms with Crippen molar-refractivity contribution in [1.29, 1.82) is 0 Å². The minimum absolute atomic E-state index is 0.783. The van der Waals surface area contributed by atoms with Gasteiger partial charge in [0, 0.05) is 0 Å². The molecule has 1 atom stereocenters. The van der Waals surface area contributed by atoms with Gasteiger partial charge in [-0.05, 0) is 68.0 Å². The highest BCUT2D eigenvalue weighted by Crippen LogP contribution is 2.18. The fraction of sp³-hybridized carbons (Fsp3) is 0.400. The Kier molecular flexibility index (Phi) is 5.49. The molecular weight excluding hydrogens is 270 g/mol. The Morgan fingerprint density at radius 3 is 2.45 bits per heavy atom. The molecule has 0 spiro atoms. The predicted octanol–water partition coefficient (Wildman–Crippen LogP) is 4.05. The van der Waals surface area contributed by atoms with E-state index in [1.165, 1.54) is 30.5 Å². The molecular formula is C20H25NO. The zero-order valence-corrected chi connectivity index (χ0v) is 13.1. The molecule has 0 bridgehead atoms. The van der Waals surface area contributed by atoms with E-state index in [0.717, 1.165) is 37.7 Å². The molecule has 22 heavy (non-hydrogen) atoms.